The summed E-state index contributed by atoms with van der Waals surface area (Å²) in [5, 5.41) is 12.2. The third kappa shape index (κ3) is 4.82. The van der Waals surface area contributed by atoms with Gasteiger partial charge in [0.15, 0.2) is 6.10 Å². The number of aryl methyl sites for hydroxylation is 2. The van der Waals surface area contributed by atoms with E-state index in [0.717, 1.165) is 27.9 Å². The van der Waals surface area contributed by atoms with Crippen molar-refractivity contribution >= 4 is 17.6 Å². The van der Waals surface area contributed by atoms with E-state index in [1.165, 1.54) is 0 Å². The van der Waals surface area contributed by atoms with Gasteiger partial charge in [0.2, 0.25) is 0 Å². The van der Waals surface area contributed by atoms with E-state index >= 15 is 0 Å². The Bertz CT molecular complexity index is 1000. The minimum atomic E-state index is -0.932. The maximum absolute atomic E-state index is 12.4. The van der Waals surface area contributed by atoms with E-state index in [1.807, 2.05) is 32.0 Å². The number of phenolic OH excluding ortho intramolecular Hbond substituents is 1. The van der Waals surface area contributed by atoms with Gasteiger partial charge in [0, 0.05) is 5.69 Å². The molecule has 0 bridgehead atoms. The Morgan fingerprint density at radius 2 is 1.38 bits per heavy atom. The lowest BCUT2D eigenvalue weighted by molar-refractivity contribution is -0.123. The first kappa shape index (κ1) is 20.1. The molecule has 1 amide bonds. The van der Waals surface area contributed by atoms with Gasteiger partial charge in [0.1, 0.15) is 5.75 Å². The molecular weight excluding hydrogens is 366 g/mol. The number of ether oxygens (including phenoxy) is 1. The number of hydrogen-bond donors (Lipinski definition) is 2. The summed E-state index contributed by atoms with van der Waals surface area (Å²) in [6.07, 6.45) is -0.932. The van der Waals surface area contributed by atoms with Gasteiger partial charge in [-0.25, -0.2) is 4.79 Å². The third-order valence-corrected chi connectivity index (χ3v) is 4.70. The zero-order chi connectivity index (χ0) is 21.0. The Kier molecular flexibility index (Phi) is 5.98. The van der Waals surface area contributed by atoms with E-state index in [4.69, 9.17) is 4.74 Å². The summed E-state index contributed by atoms with van der Waals surface area (Å²) in [4.78, 5) is 24.8. The van der Waals surface area contributed by atoms with Crippen molar-refractivity contribution < 1.29 is 19.4 Å². The van der Waals surface area contributed by atoms with Gasteiger partial charge in [0.05, 0.1) is 5.56 Å². The number of hydrogen-bond acceptors (Lipinski definition) is 4. The molecular formula is C24H23NO4. The number of benzene rings is 3. The van der Waals surface area contributed by atoms with Gasteiger partial charge in [-0.2, -0.15) is 0 Å². The number of esters is 1. The second-order valence-electron chi connectivity index (χ2n) is 6.93. The summed E-state index contributed by atoms with van der Waals surface area (Å²) in [5.74, 6) is -0.745. The minimum Gasteiger partial charge on any atom is -0.508 e. The normalized spacial score (nSPS) is 11.6. The standard InChI is InChI=1S/C24H23NO4/c1-15-5-4-6-16(2)22(15)25-23(27)17(3)29-24(28)20-9-7-18(8-10-20)19-11-13-21(26)14-12-19/h4-14,17,26H,1-3H3,(H,25,27)/t17-/m0/s1. The average Bonchev–Trinajstić information content (AvgIpc) is 2.71. The predicted molar refractivity (Wildman–Crippen MR) is 113 cm³/mol. The molecule has 0 saturated carbocycles. The fraction of sp³-hybridized carbons (Fsp3) is 0.167. The number of nitrogens with one attached hydrogen (secondary N) is 1. The van der Waals surface area contributed by atoms with Crippen LogP contribution in [-0.2, 0) is 9.53 Å². The van der Waals surface area contributed by atoms with Crippen LogP contribution in [0.15, 0.2) is 66.7 Å². The van der Waals surface area contributed by atoms with Gasteiger partial charge in [-0.3, -0.25) is 4.79 Å². The van der Waals surface area contributed by atoms with E-state index in [-0.39, 0.29) is 11.7 Å². The summed E-state index contributed by atoms with van der Waals surface area (Å²) in [6.45, 7) is 5.37. The first-order valence-electron chi connectivity index (χ1n) is 9.32. The lowest BCUT2D eigenvalue weighted by Gasteiger charge is -2.16. The minimum absolute atomic E-state index is 0.196. The predicted octanol–water partition coefficient (Wildman–Crippen LogP) is 4.86. The molecule has 0 saturated heterocycles. The lowest BCUT2D eigenvalue weighted by atomic mass is 10.0. The van der Waals surface area contributed by atoms with Crippen LogP contribution < -0.4 is 5.32 Å². The van der Waals surface area contributed by atoms with Crippen LogP contribution in [0.1, 0.15) is 28.4 Å². The molecule has 5 nitrogen and oxygen atoms in total. The molecule has 0 aliphatic heterocycles. The third-order valence-electron chi connectivity index (χ3n) is 4.70. The van der Waals surface area contributed by atoms with Crippen molar-refractivity contribution in [1.29, 1.82) is 0 Å². The van der Waals surface area contributed by atoms with Crippen LogP contribution in [0.5, 0.6) is 5.75 Å². The maximum Gasteiger partial charge on any atom is 0.338 e. The van der Waals surface area contributed by atoms with E-state index in [2.05, 4.69) is 5.32 Å². The van der Waals surface area contributed by atoms with Crippen molar-refractivity contribution in [2.45, 2.75) is 26.9 Å². The van der Waals surface area contributed by atoms with Crippen LogP contribution in [0.4, 0.5) is 5.69 Å². The first-order valence-corrected chi connectivity index (χ1v) is 9.32. The number of carbonyl (C=O) groups is 2. The Morgan fingerprint density at radius 3 is 1.93 bits per heavy atom. The summed E-state index contributed by atoms with van der Waals surface area (Å²) in [7, 11) is 0. The molecule has 3 aromatic rings. The van der Waals surface area contributed by atoms with Crippen molar-refractivity contribution in [3.63, 3.8) is 0 Å². The van der Waals surface area contributed by atoms with Gasteiger partial charge in [-0.1, -0.05) is 42.5 Å². The van der Waals surface area contributed by atoms with E-state index < -0.39 is 12.1 Å². The quantitative estimate of drug-likeness (QED) is 0.611. The maximum atomic E-state index is 12.4. The molecule has 0 radical (unpaired) electrons. The fourth-order valence-electron chi connectivity index (χ4n) is 2.97. The van der Waals surface area contributed by atoms with Crippen molar-refractivity contribution in [3.8, 4) is 16.9 Å². The Morgan fingerprint density at radius 1 is 0.862 bits per heavy atom. The van der Waals surface area contributed by atoms with E-state index in [0.29, 0.717) is 5.56 Å². The van der Waals surface area contributed by atoms with Crippen molar-refractivity contribution in [2.24, 2.45) is 0 Å². The highest BCUT2D eigenvalue weighted by Gasteiger charge is 2.20. The average molecular weight is 389 g/mol. The zero-order valence-electron chi connectivity index (χ0n) is 16.6. The Labute approximate surface area is 170 Å². The highest BCUT2D eigenvalue weighted by Crippen LogP contribution is 2.23. The van der Waals surface area contributed by atoms with Crippen LogP contribution in [0.3, 0.4) is 0 Å². The van der Waals surface area contributed by atoms with E-state index in [1.54, 1.807) is 55.5 Å². The summed E-state index contributed by atoms with van der Waals surface area (Å²) in [6, 6.07) is 19.4. The van der Waals surface area contributed by atoms with Gasteiger partial charge in [0.25, 0.3) is 5.91 Å². The van der Waals surface area contributed by atoms with Gasteiger partial charge in [-0.05, 0) is 67.3 Å². The molecule has 1 atom stereocenters. The summed E-state index contributed by atoms with van der Waals surface area (Å²) >= 11 is 0. The molecule has 0 aliphatic rings. The Balaban J connectivity index is 1.64. The van der Waals surface area contributed by atoms with E-state index in [9.17, 15) is 14.7 Å². The van der Waals surface area contributed by atoms with Crippen molar-refractivity contribution in [2.75, 3.05) is 5.32 Å². The first-order chi connectivity index (χ1) is 13.8. The van der Waals surface area contributed by atoms with Crippen LogP contribution in [0, 0.1) is 13.8 Å². The SMILES string of the molecule is Cc1cccc(C)c1NC(=O)[C@H](C)OC(=O)c1ccc(-c2ccc(O)cc2)cc1. The molecule has 0 heterocycles. The highest BCUT2D eigenvalue weighted by atomic mass is 16.5. The molecule has 0 aromatic heterocycles. The smallest absolute Gasteiger partial charge is 0.338 e. The van der Waals surface area contributed by atoms with Crippen LogP contribution in [0.25, 0.3) is 11.1 Å². The second-order valence-corrected chi connectivity index (χ2v) is 6.93. The number of rotatable bonds is 5. The number of para-hydroxylation sites is 1. The topological polar surface area (TPSA) is 75.6 Å². The van der Waals surface area contributed by atoms with Crippen molar-refractivity contribution in [1.82, 2.24) is 0 Å². The number of aromatic hydroxyl groups is 1. The van der Waals surface area contributed by atoms with Gasteiger partial charge >= 0.3 is 5.97 Å². The molecule has 0 aliphatic carbocycles. The molecule has 3 aromatic carbocycles. The number of carbonyl (C=O) groups excluding carboxylic acids is 2. The molecule has 0 spiro atoms. The molecule has 148 valence electrons. The molecule has 29 heavy (non-hydrogen) atoms. The molecule has 0 fully saturated rings. The second kappa shape index (κ2) is 8.61. The molecule has 5 heteroatoms. The summed E-state index contributed by atoms with van der Waals surface area (Å²) < 4.78 is 5.33. The molecule has 0 unspecified atom stereocenters. The molecule has 2 N–H and O–H groups in total. The van der Waals surface area contributed by atoms with Crippen LogP contribution in [0.2, 0.25) is 0 Å². The van der Waals surface area contributed by atoms with Crippen LogP contribution >= 0.6 is 0 Å². The Hall–Kier alpha value is -3.60. The largest absolute Gasteiger partial charge is 0.508 e. The lowest BCUT2D eigenvalue weighted by Crippen LogP contribution is -2.30. The summed E-state index contributed by atoms with van der Waals surface area (Å²) in [5.41, 5.74) is 4.81. The number of amides is 1. The van der Waals surface area contributed by atoms with Crippen LogP contribution in [-0.4, -0.2) is 23.1 Å². The monoisotopic (exact) mass is 389 g/mol. The molecule has 3 rings (SSSR count). The fourth-order valence-corrected chi connectivity index (χ4v) is 2.97. The highest BCUT2D eigenvalue weighted by molar-refractivity contribution is 5.98. The zero-order valence-corrected chi connectivity index (χ0v) is 16.6. The number of phenols is 1. The van der Waals surface area contributed by atoms with Gasteiger partial charge in [-0.15, -0.1) is 0 Å². The van der Waals surface area contributed by atoms with Gasteiger partial charge < -0.3 is 15.2 Å². The van der Waals surface area contributed by atoms with Crippen molar-refractivity contribution in [3.05, 3.63) is 83.4 Å². The number of anilines is 1.